The van der Waals surface area contributed by atoms with Crippen LogP contribution in [0, 0.1) is 5.82 Å². The Balaban J connectivity index is 2.05. The third-order valence-corrected chi connectivity index (χ3v) is 3.73. The summed E-state index contributed by atoms with van der Waals surface area (Å²) in [5.74, 6) is -0.388. The summed E-state index contributed by atoms with van der Waals surface area (Å²) in [6.07, 6.45) is 0. The Kier molecular flexibility index (Phi) is 5.13. The molecule has 1 aliphatic heterocycles. The molecule has 1 unspecified atom stereocenters. The van der Waals surface area contributed by atoms with Crippen molar-refractivity contribution in [1.29, 1.82) is 0 Å². The lowest BCUT2D eigenvalue weighted by molar-refractivity contribution is 0.0873. The Labute approximate surface area is 118 Å². The largest absolute Gasteiger partial charge is 0.329 e. The lowest BCUT2D eigenvalue weighted by Gasteiger charge is -2.35. The molecule has 0 bridgehead atoms. The molecule has 4 nitrogen and oxygen atoms in total. The molecule has 1 saturated heterocycles. The third kappa shape index (κ3) is 3.64. The minimum Gasteiger partial charge on any atom is -0.329 e. The molecule has 0 radical (unpaired) electrons. The second kappa shape index (κ2) is 6.63. The average molecular weight is 287 g/mol. The Morgan fingerprint density at radius 3 is 2.68 bits per heavy atom. The van der Waals surface area contributed by atoms with Gasteiger partial charge in [0.05, 0.1) is 11.1 Å². The number of hydrogen-bond acceptors (Lipinski definition) is 4. The van der Waals surface area contributed by atoms with Crippen LogP contribution in [-0.2, 0) is 0 Å². The molecular formula is C13H20ClFN4. The average Bonchev–Trinajstić information content (AvgIpc) is 2.42. The number of piperazine rings is 1. The summed E-state index contributed by atoms with van der Waals surface area (Å²) in [5.41, 5.74) is 9.57. The van der Waals surface area contributed by atoms with Crippen molar-refractivity contribution in [3.05, 3.63) is 34.6 Å². The molecule has 1 fully saturated rings. The first kappa shape index (κ1) is 14.7. The first-order valence-corrected chi connectivity index (χ1v) is 6.83. The van der Waals surface area contributed by atoms with Crippen LogP contribution >= 0.6 is 11.6 Å². The van der Waals surface area contributed by atoms with Crippen LogP contribution in [0.15, 0.2) is 18.2 Å². The Morgan fingerprint density at radius 2 is 2.05 bits per heavy atom. The SMILES string of the molecule is CN1CCN(NC(CN)c2cccc(Cl)c2F)CC1. The maximum absolute atomic E-state index is 14.0. The van der Waals surface area contributed by atoms with Crippen molar-refractivity contribution in [2.75, 3.05) is 39.8 Å². The molecule has 0 amide bonds. The molecule has 0 aromatic heterocycles. The normalized spacial score (nSPS) is 19.6. The first-order valence-electron chi connectivity index (χ1n) is 6.45. The number of likely N-dealkylation sites (N-methyl/N-ethyl adjacent to an activating group) is 1. The molecule has 19 heavy (non-hydrogen) atoms. The summed E-state index contributed by atoms with van der Waals surface area (Å²) < 4.78 is 14.0. The molecule has 106 valence electrons. The van der Waals surface area contributed by atoms with E-state index in [0.29, 0.717) is 12.1 Å². The van der Waals surface area contributed by atoms with E-state index in [0.717, 1.165) is 26.2 Å². The van der Waals surface area contributed by atoms with E-state index >= 15 is 0 Å². The van der Waals surface area contributed by atoms with Crippen molar-refractivity contribution in [2.24, 2.45) is 5.73 Å². The van der Waals surface area contributed by atoms with Gasteiger partial charge in [-0.05, 0) is 13.1 Å². The molecule has 1 aromatic rings. The van der Waals surface area contributed by atoms with Gasteiger partial charge in [0.15, 0.2) is 0 Å². The highest BCUT2D eigenvalue weighted by Gasteiger charge is 2.20. The van der Waals surface area contributed by atoms with Crippen LogP contribution in [0.25, 0.3) is 0 Å². The van der Waals surface area contributed by atoms with Crippen molar-refractivity contribution < 1.29 is 4.39 Å². The topological polar surface area (TPSA) is 44.5 Å². The molecular weight excluding hydrogens is 267 g/mol. The molecule has 1 heterocycles. The van der Waals surface area contributed by atoms with Crippen LogP contribution in [0.3, 0.4) is 0 Å². The summed E-state index contributed by atoms with van der Waals surface area (Å²) in [5, 5.41) is 2.23. The minimum absolute atomic E-state index is 0.135. The zero-order chi connectivity index (χ0) is 13.8. The van der Waals surface area contributed by atoms with E-state index < -0.39 is 0 Å². The predicted octanol–water partition coefficient (Wildman–Crippen LogP) is 1.23. The molecule has 1 atom stereocenters. The van der Waals surface area contributed by atoms with E-state index in [-0.39, 0.29) is 16.9 Å². The van der Waals surface area contributed by atoms with Crippen molar-refractivity contribution in [3.63, 3.8) is 0 Å². The molecule has 3 N–H and O–H groups in total. The van der Waals surface area contributed by atoms with Gasteiger partial charge in [-0.1, -0.05) is 23.7 Å². The van der Waals surface area contributed by atoms with E-state index in [1.807, 2.05) is 0 Å². The second-order valence-electron chi connectivity index (χ2n) is 4.85. The van der Waals surface area contributed by atoms with Gasteiger partial charge in [0.1, 0.15) is 5.82 Å². The summed E-state index contributed by atoms with van der Waals surface area (Å²) >= 11 is 5.81. The van der Waals surface area contributed by atoms with Crippen LogP contribution < -0.4 is 11.2 Å². The van der Waals surface area contributed by atoms with Crippen molar-refractivity contribution in [2.45, 2.75) is 6.04 Å². The Morgan fingerprint density at radius 1 is 1.37 bits per heavy atom. The van der Waals surface area contributed by atoms with Gasteiger partial charge >= 0.3 is 0 Å². The molecule has 0 saturated carbocycles. The zero-order valence-electron chi connectivity index (χ0n) is 11.1. The van der Waals surface area contributed by atoms with Gasteiger partial charge < -0.3 is 10.6 Å². The van der Waals surface area contributed by atoms with Crippen LogP contribution in [0.5, 0.6) is 0 Å². The molecule has 0 aliphatic carbocycles. The summed E-state index contributed by atoms with van der Waals surface area (Å²) in [6.45, 7) is 4.10. The van der Waals surface area contributed by atoms with E-state index in [9.17, 15) is 4.39 Å². The van der Waals surface area contributed by atoms with Gasteiger partial charge in [0.25, 0.3) is 0 Å². The summed E-state index contributed by atoms with van der Waals surface area (Å²) in [7, 11) is 2.09. The standard InChI is InChI=1S/C13H20ClFN4/c1-18-5-7-19(8-6-18)17-12(9-16)10-3-2-4-11(14)13(10)15/h2-4,12,17H,5-9,16H2,1H3. The quantitative estimate of drug-likeness (QED) is 0.874. The number of nitrogens with one attached hydrogen (secondary N) is 1. The van der Waals surface area contributed by atoms with Gasteiger partial charge in [0.2, 0.25) is 0 Å². The van der Waals surface area contributed by atoms with Crippen LogP contribution in [-0.4, -0.2) is 49.7 Å². The lowest BCUT2D eigenvalue weighted by atomic mass is 10.1. The zero-order valence-corrected chi connectivity index (χ0v) is 11.8. The van der Waals surface area contributed by atoms with Gasteiger partial charge in [-0.3, -0.25) is 0 Å². The van der Waals surface area contributed by atoms with Crippen LogP contribution in [0.1, 0.15) is 11.6 Å². The second-order valence-corrected chi connectivity index (χ2v) is 5.26. The van der Waals surface area contributed by atoms with E-state index in [1.54, 1.807) is 18.2 Å². The number of hydrogen-bond donors (Lipinski definition) is 2. The first-order chi connectivity index (χ1) is 9.11. The summed E-state index contributed by atoms with van der Waals surface area (Å²) in [6, 6.07) is 4.77. The number of halogens is 2. The highest BCUT2D eigenvalue weighted by Crippen LogP contribution is 2.23. The van der Waals surface area contributed by atoms with E-state index in [1.165, 1.54) is 0 Å². The number of hydrazine groups is 1. The number of rotatable bonds is 4. The monoisotopic (exact) mass is 286 g/mol. The highest BCUT2D eigenvalue weighted by molar-refractivity contribution is 6.30. The fraction of sp³-hybridized carbons (Fsp3) is 0.538. The van der Waals surface area contributed by atoms with Gasteiger partial charge in [0, 0.05) is 38.3 Å². The van der Waals surface area contributed by atoms with Crippen LogP contribution in [0.2, 0.25) is 5.02 Å². The fourth-order valence-electron chi connectivity index (χ4n) is 2.19. The lowest BCUT2D eigenvalue weighted by Crippen LogP contribution is -2.52. The number of nitrogens with two attached hydrogens (primary N) is 1. The number of benzene rings is 1. The van der Waals surface area contributed by atoms with Crippen LogP contribution in [0.4, 0.5) is 4.39 Å². The van der Waals surface area contributed by atoms with E-state index in [2.05, 4.69) is 22.4 Å². The fourth-order valence-corrected chi connectivity index (χ4v) is 2.38. The highest BCUT2D eigenvalue weighted by atomic mass is 35.5. The molecule has 1 aliphatic rings. The van der Waals surface area contributed by atoms with Crippen molar-refractivity contribution in [1.82, 2.24) is 15.3 Å². The molecule has 1 aromatic carbocycles. The van der Waals surface area contributed by atoms with E-state index in [4.69, 9.17) is 17.3 Å². The van der Waals surface area contributed by atoms with Gasteiger partial charge in [-0.25, -0.2) is 14.8 Å². The maximum atomic E-state index is 14.0. The summed E-state index contributed by atoms with van der Waals surface area (Å²) in [4.78, 5) is 2.26. The van der Waals surface area contributed by atoms with Gasteiger partial charge in [-0.15, -0.1) is 0 Å². The molecule has 2 rings (SSSR count). The molecule has 0 spiro atoms. The smallest absolute Gasteiger partial charge is 0.146 e. The minimum atomic E-state index is -0.388. The molecule has 6 heteroatoms. The number of nitrogens with zero attached hydrogens (tertiary/aromatic N) is 2. The van der Waals surface area contributed by atoms with Crippen molar-refractivity contribution >= 4 is 11.6 Å². The predicted molar refractivity (Wildman–Crippen MR) is 75.4 cm³/mol. The third-order valence-electron chi connectivity index (χ3n) is 3.43. The van der Waals surface area contributed by atoms with Gasteiger partial charge in [-0.2, -0.15) is 0 Å². The van der Waals surface area contributed by atoms with Crippen molar-refractivity contribution in [3.8, 4) is 0 Å². The Hall–Kier alpha value is -0.720. The Bertz CT molecular complexity index is 421. The maximum Gasteiger partial charge on any atom is 0.146 e.